The van der Waals surface area contributed by atoms with Crippen LogP contribution < -0.4 is 20.3 Å². The second-order valence-corrected chi connectivity index (χ2v) is 13.2. The minimum atomic E-state index is -4.83. The predicted octanol–water partition coefficient (Wildman–Crippen LogP) is 3.50. The number of hydrogen-bond donors (Lipinski definition) is 2. The molecule has 6 rings (SSSR count). The number of amidine groups is 1. The number of aryl methyl sites for hydroxylation is 2. The fourth-order valence-electron chi connectivity index (χ4n) is 6.00. The number of benzene rings is 2. The Morgan fingerprint density at radius 3 is 2.11 bits per heavy atom. The molecule has 3 aliphatic heterocycles. The van der Waals surface area contributed by atoms with Crippen LogP contribution in [-0.2, 0) is 19.6 Å². The number of carbonyl (C=O) groups is 3. The monoisotopic (exact) mass is 631 g/mol. The highest BCUT2D eigenvalue weighted by atomic mass is 32.2. The van der Waals surface area contributed by atoms with Gasteiger partial charge in [-0.3, -0.25) is 24.8 Å². The third-order valence-electron chi connectivity index (χ3n) is 8.49. The molecule has 2 N–H and O–H groups in total. The lowest BCUT2D eigenvalue weighted by molar-refractivity contribution is -0.274. The van der Waals surface area contributed by atoms with E-state index >= 15 is 0 Å². The summed E-state index contributed by atoms with van der Waals surface area (Å²) in [7, 11) is -3.87. The van der Waals surface area contributed by atoms with Crippen LogP contribution in [-0.4, -0.2) is 66.9 Å². The Morgan fingerprint density at radius 1 is 0.932 bits per heavy atom. The third-order valence-corrected chi connectivity index (χ3v) is 10.1. The summed E-state index contributed by atoms with van der Waals surface area (Å²) in [5.41, 5.74) is 1.07. The van der Waals surface area contributed by atoms with Gasteiger partial charge in [-0.2, -0.15) is 4.31 Å². The maximum Gasteiger partial charge on any atom is 0.573 e. The number of nitrogens with zero attached hydrogens (tertiary/aromatic N) is 3. The summed E-state index contributed by atoms with van der Waals surface area (Å²) < 4.78 is 69.0. The summed E-state index contributed by atoms with van der Waals surface area (Å²) >= 11 is 0. The molecule has 0 unspecified atom stereocenters. The number of sulfonamides is 1. The minimum absolute atomic E-state index is 0.0340. The van der Waals surface area contributed by atoms with E-state index in [1.807, 2.05) is 0 Å². The fraction of sp³-hybridized carbons (Fsp3) is 0.379. The van der Waals surface area contributed by atoms with Crippen molar-refractivity contribution in [3.8, 4) is 5.75 Å². The molecule has 4 aliphatic rings. The van der Waals surface area contributed by atoms with E-state index in [2.05, 4.69) is 20.4 Å². The Labute approximate surface area is 250 Å². The first-order valence-electron chi connectivity index (χ1n) is 13.9. The molecule has 0 bridgehead atoms. The van der Waals surface area contributed by atoms with Crippen LogP contribution in [0, 0.1) is 13.8 Å². The molecular formula is C29H28F3N5O6S. The van der Waals surface area contributed by atoms with E-state index < -0.39 is 45.2 Å². The SMILES string of the molecule is Cc1cc(N2C(=O)NC(=O)C23CC3)cc(C)c1C=CS(=O)(=O)N1CCC2(CC1)N=C(c1ccc(OC(F)(F)F)cc1)NC2=O. The predicted molar refractivity (Wildman–Crippen MR) is 153 cm³/mol. The van der Waals surface area contributed by atoms with Gasteiger partial charge in [0.2, 0.25) is 10.0 Å². The van der Waals surface area contributed by atoms with Crippen LogP contribution in [0.2, 0.25) is 0 Å². The number of nitrogens with one attached hydrogen (secondary N) is 2. The van der Waals surface area contributed by atoms with Gasteiger partial charge in [-0.05, 0) is 98.7 Å². The molecule has 2 spiro atoms. The van der Waals surface area contributed by atoms with Gasteiger partial charge in [0.1, 0.15) is 22.7 Å². The van der Waals surface area contributed by atoms with Crippen LogP contribution in [0.3, 0.4) is 0 Å². The van der Waals surface area contributed by atoms with Crippen LogP contribution in [0.15, 0.2) is 46.8 Å². The quantitative estimate of drug-likeness (QED) is 0.469. The molecule has 2 aromatic rings. The lowest BCUT2D eigenvalue weighted by Crippen LogP contribution is -2.50. The highest BCUT2D eigenvalue weighted by molar-refractivity contribution is 7.92. The first-order valence-corrected chi connectivity index (χ1v) is 15.4. The number of ether oxygens (including phenoxy) is 1. The van der Waals surface area contributed by atoms with Crippen molar-refractivity contribution in [2.24, 2.45) is 4.99 Å². The second kappa shape index (κ2) is 10.2. The molecule has 1 saturated carbocycles. The number of amides is 4. The van der Waals surface area contributed by atoms with Crippen molar-refractivity contribution in [2.75, 3.05) is 18.0 Å². The van der Waals surface area contributed by atoms with Crippen LogP contribution >= 0.6 is 0 Å². The summed E-state index contributed by atoms with van der Waals surface area (Å²) in [6.45, 7) is 3.67. The molecular weight excluding hydrogens is 603 g/mol. The lowest BCUT2D eigenvalue weighted by atomic mass is 9.89. The number of piperidine rings is 1. The highest BCUT2D eigenvalue weighted by Gasteiger charge is 2.62. The molecule has 11 nitrogen and oxygen atoms in total. The molecule has 15 heteroatoms. The summed E-state index contributed by atoms with van der Waals surface area (Å²) in [4.78, 5) is 43.6. The normalized spacial score (nSPS) is 21.2. The van der Waals surface area contributed by atoms with E-state index in [1.165, 1.54) is 27.4 Å². The largest absolute Gasteiger partial charge is 0.573 e. The molecule has 44 heavy (non-hydrogen) atoms. The Balaban J connectivity index is 1.14. The summed E-state index contributed by atoms with van der Waals surface area (Å²) in [6, 6.07) is 7.98. The molecule has 4 amide bonds. The van der Waals surface area contributed by atoms with Crippen molar-refractivity contribution in [1.29, 1.82) is 0 Å². The Bertz CT molecular complexity index is 1720. The zero-order valence-electron chi connectivity index (χ0n) is 23.7. The average Bonchev–Trinajstić information content (AvgIpc) is 3.61. The Hall–Kier alpha value is -4.24. The van der Waals surface area contributed by atoms with Gasteiger partial charge in [0.05, 0.1) is 0 Å². The van der Waals surface area contributed by atoms with Gasteiger partial charge in [0.15, 0.2) is 0 Å². The summed E-state index contributed by atoms with van der Waals surface area (Å²) in [6.07, 6.45) is -1.91. The van der Waals surface area contributed by atoms with E-state index in [0.29, 0.717) is 29.7 Å². The van der Waals surface area contributed by atoms with Crippen molar-refractivity contribution in [3.05, 3.63) is 64.1 Å². The smallest absolute Gasteiger partial charge is 0.406 e. The standard InChI is InChI=1S/C29H28F3N5O6S/c1-17-15-20(37-26(40)34-25(39)28(37)8-9-28)16-18(2)22(17)7-14-44(41,42)36-12-10-27(11-13-36)24(38)33-23(35-27)19-3-5-21(6-4-19)43-29(30,31)32/h3-7,14-16H,8-13H2,1-2H3,(H,33,35,38)(H,34,39,40). The minimum Gasteiger partial charge on any atom is -0.406 e. The number of halogens is 3. The number of aliphatic imine (C=N–C) groups is 1. The van der Waals surface area contributed by atoms with Gasteiger partial charge in [-0.1, -0.05) is 0 Å². The number of imide groups is 1. The van der Waals surface area contributed by atoms with E-state index in [4.69, 9.17) is 0 Å². The third kappa shape index (κ3) is 5.23. The van der Waals surface area contributed by atoms with Crippen LogP contribution in [0.4, 0.5) is 23.7 Å². The van der Waals surface area contributed by atoms with Gasteiger partial charge in [0, 0.05) is 29.7 Å². The van der Waals surface area contributed by atoms with Gasteiger partial charge >= 0.3 is 12.4 Å². The molecule has 232 valence electrons. The average molecular weight is 632 g/mol. The highest BCUT2D eigenvalue weighted by Crippen LogP contribution is 2.47. The topological polar surface area (TPSA) is 137 Å². The number of urea groups is 1. The van der Waals surface area contributed by atoms with Gasteiger partial charge in [-0.25, -0.2) is 13.2 Å². The molecule has 3 fully saturated rings. The number of anilines is 1. The van der Waals surface area contributed by atoms with E-state index in [-0.39, 0.29) is 37.7 Å². The van der Waals surface area contributed by atoms with Crippen molar-refractivity contribution in [2.45, 2.75) is 57.0 Å². The van der Waals surface area contributed by atoms with Crippen LogP contribution in [0.5, 0.6) is 5.75 Å². The number of carbonyl (C=O) groups excluding carboxylic acids is 3. The maximum absolute atomic E-state index is 13.2. The summed E-state index contributed by atoms with van der Waals surface area (Å²) in [5.74, 6) is -0.913. The number of rotatable bonds is 6. The van der Waals surface area contributed by atoms with E-state index in [9.17, 15) is 36.0 Å². The maximum atomic E-state index is 13.2. The van der Waals surface area contributed by atoms with Crippen molar-refractivity contribution >= 4 is 45.5 Å². The first kappa shape index (κ1) is 29.8. The van der Waals surface area contributed by atoms with Crippen molar-refractivity contribution in [1.82, 2.24) is 14.9 Å². The van der Waals surface area contributed by atoms with Gasteiger partial charge in [-0.15, -0.1) is 13.2 Å². The number of alkyl halides is 3. The second-order valence-electron chi connectivity index (χ2n) is 11.4. The molecule has 2 saturated heterocycles. The summed E-state index contributed by atoms with van der Waals surface area (Å²) in [5, 5.41) is 6.15. The molecule has 0 radical (unpaired) electrons. The molecule has 3 heterocycles. The van der Waals surface area contributed by atoms with E-state index in [1.54, 1.807) is 26.0 Å². The molecule has 0 aromatic heterocycles. The van der Waals surface area contributed by atoms with Gasteiger partial charge < -0.3 is 10.1 Å². The van der Waals surface area contributed by atoms with Crippen LogP contribution in [0.1, 0.15) is 47.9 Å². The first-order chi connectivity index (χ1) is 20.6. The van der Waals surface area contributed by atoms with Gasteiger partial charge in [0.25, 0.3) is 11.8 Å². The lowest BCUT2D eigenvalue weighted by Gasteiger charge is -2.34. The molecule has 1 aliphatic carbocycles. The zero-order chi connectivity index (χ0) is 31.7. The molecule has 2 aromatic carbocycles. The number of hydrogen-bond acceptors (Lipinski definition) is 7. The Morgan fingerprint density at radius 2 is 1.55 bits per heavy atom. The van der Waals surface area contributed by atoms with Crippen LogP contribution in [0.25, 0.3) is 6.08 Å². The zero-order valence-corrected chi connectivity index (χ0v) is 24.5. The van der Waals surface area contributed by atoms with Crippen molar-refractivity contribution < 1.29 is 40.7 Å². The molecule has 0 atom stereocenters. The van der Waals surface area contributed by atoms with E-state index in [0.717, 1.165) is 28.7 Å². The van der Waals surface area contributed by atoms with Crippen molar-refractivity contribution in [3.63, 3.8) is 0 Å². The fourth-order valence-corrected chi connectivity index (χ4v) is 7.17. The Kier molecular flexibility index (Phi) is 6.88.